The number of nitrogens with zero attached hydrogens (tertiary/aromatic N) is 1. The molecule has 1 aliphatic heterocycles. The molecule has 0 amide bonds. The third-order valence-electron chi connectivity index (χ3n) is 0.452. The Bertz CT molecular complexity index is 103. The summed E-state index contributed by atoms with van der Waals surface area (Å²) in [5.41, 5.74) is 0. The normalized spacial score (nSPS) is 18.3. The molecule has 0 spiro atoms. The molecule has 0 aromatic rings. The van der Waals surface area contributed by atoms with Crippen molar-refractivity contribution in [2.75, 3.05) is 0 Å². The first kappa shape index (κ1) is 3.46. The number of hydrogen-bond acceptors (Lipinski definition) is 1. The molecule has 0 atom stereocenters. The Kier molecular flexibility index (Phi) is 0.498. The zero-order valence-electron chi connectivity index (χ0n) is 2.78. The second kappa shape index (κ2) is 0.864. The summed E-state index contributed by atoms with van der Waals surface area (Å²) < 4.78 is 22.4. The van der Waals surface area contributed by atoms with Crippen molar-refractivity contribution in [3.8, 4) is 0 Å². The predicted molar refractivity (Wildman–Crippen MR) is 17.7 cm³/mol. The molecule has 32 valence electrons. The zero-order chi connectivity index (χ0) is 4.57. The standard InChI is InChI=1S/C3HF2N/c4-2-1-3(5)6-2/h1H. The molecule has 1 aliphatic rings. The molecule has 6 heavy (non-hydrogen) atoms. The van der Waals surface area contributed by atoms with E-state index in [-0.39, 0.29) is 0 Å². The van der Waals surface area contributed by atoms with Gasteiger partial charge in [0.2, 0.25) is 11.9 Å². The van der Waals surface area contributed by atoms with Crippen LogP contribution in [0.5, 0.6) is 0 Å². The Morgan fingerprint density at radius 2 is 2.00 bits per heavy atom. The van der Waals surface area contributed by atoms with Crippen molar-refractivity contribution in [3.05, 3.63) is 12.0 Å². The molecule has 1 heterocycles. The summed E-state index contributed by atoms with van der Waals surface area (Å²) in [6, 6.07) is 0. The average Bonchev–Trinajstić information content (AvgIpc) is 1.33. The summed E-state index contributed by atoms with van der Waals surface area (Å²) in [6.45, 7) is 0. The lowest BCUT2D eigenvalue weighted by molar-refractivity contribution is 0.602. The van der Waals surface area contributed by atoms with E-state index in [1.807, 2.05) is 0 Å². The van der Waals surface area contributed by atoms with Crippen molar-refractivity contribution in [3.63, 3.8) is 0 Å². The smallest absolute Gasteiger partial charge is 0.190 e. The van der Waals surface area contributed by atoms with E-state index in [1.165, 1.54) is 0 Å². The van der Waals surface area contributed by atoms with Crippen LogP contribution in [0.4, 0.5) is 8.78 Å². The quantitative estimate of drug-likeness (QED) is 0.395. The molecule has 1 nitrogen and oxygen atoms in total. The molecule has 0 N–H and O–H groups in total. The largest absolute Gasteiger partial charge is 0.220 e. The van der Waals surface area contributed by atoms with E-state index in [2.05, 4.69) is 4.99 Å². The Morgan fingerprint density at radius 1 is 1.50 bits per heavy atom. The first-order valence-electron chi connectivity index (χ1n) is 1.40. The maximum absolute atomic E-state index is 11.2. The fourth-order valence-electron chi connectivity index (χ4n) is 0.199. The molecule has 0 saturated carbocycles. The minimum absolute atomic E-state index is 0.722. The molecule has 0 aromatic heterocycles. The van der Waals surface area contributed by atoms with Crippen molar-refractivity contribution in [1.82, 2.24) is 0 Å². The zero-order valence-corrected chi connectivity index (χ0v) is 2.78. The van der Waals surface area contributed by atoms with Crippen LogP contribution in [-0.2, 0) is 0 Å². The predicted octanol–water partition coefficient (Wildman–Crippen LogP) is 1.18. The summed E-state index contributed by atoms with van der Waals surface area (Å²) in [6.07, 6.45) is 0.722. The third kappa shape index (κ3) is 0.319. The van der Waals surface area contributed by atoms with Crippen LogP contribution in [0.15, 0.2) is 17.0 Å². The van der Waals surface area contributed by atoms with E-state index in [4.69, 9.17) is 0 Å². The summed E-state index contributed by atoms with van der Waals surface area (Å²) >= 11 is 0. The number of rotatable bonds is 0. The van der Waals surface area contributed by atoms with E-state index in [9.17, 15) is 8.78 Å². The Hall–Kier alpha value is -0.730. The van der Waals surface area contributed by atoms with Gasteiger partial charge in [0.1, 0.15) is 0 Å². The van der Waals surface area contributed by atoms with E-state index >= 15 is 0 Å². The fourth-order valence-corrected chi connectivity index (χ4v) is 0.199. The maximum atomic E-state index is 11.2. The Balaban J connectivity index is 2.57. The molecular weight excluding hydrogens is 88.0 g/mol. The lowest BCUT2D eigenvalue weighted by Crippen LogP contribution is -1.92. The van der Waals surface area contributed by atoms with Crippen molar-refractivity contribution in [1.29, 1.82) is 0 Å². The molecule has 0 aromatic carbocycles. The molecule has 0 fully saturated rings. The first-order valence-corrected chi connectivity index (χ1v) is 1.40. The van der Waals surface area contributed by atoms with Gasteiger partial charge in [-0.15, -0.1) is 0 Å². The van der Waals surface area contributed by atoms with Gasteiger partial charge in [0.15, 0.2) is 0 Å². The fraction of sp³-hybridized carbons (Fsp3) is 0. The van der Waals surface area contributed by atoms with Gasteiger partial charge in [-0.1, -0.05) is 0 Å². The first-order chi connectivity index (χ1) is 2.79. The van der Waals surface area contributed by atoms with Gasteiger partial charge in [-0.05, 0) is 0 Å². The van der Waals surface area contributed by atoms with E-state index in [0.717, 1.165) is 6.08 Å². The number of aliphatic imine (C=N–C) groups is 1. The van der Waals surface area contributed by atoms with Gasteiger partial charge in [-0.2, -0.15) is 13.8 Å². The molecule has 0 saturated heterocycles. The monoisotopic (exact) mass is 89.0 g/mol. The van der Waals surface area contributed by atoms with Crippen molar-refractivity contribution >= 4 is 5.97 Å². The number of hydrogen-bond donors (Lipinski definition) is 0. The summed E-state index contributed by atoms with van der Waals surface area (Å²) in [7, 11) is 0. The van der Waals surface area contributed by atoms with Gasteiger partial charge in [0.25, 0.3) is 0 Å². The van der Waals surface area contributed by atoms with Crippen LogP contribution in [0.2, 0.25) is 0 Å². The highest BCUT2D eigenvalue weighted by Crippen LogP contribution is 2.09. The molecule has 0 radical (unpaired) electrons. The second-order valence-corrected chi connectivity index (χ2v) is 0.902. The van der Waals surface area contributed by atoms with Gasteiger partial charge >= 0.3 is 0 Å². The lowest BCUT2D eigenvalue weighted by atomic mass is 10.5. The molecule has 0 bridgehead atoms. The Labute approximate surface area is 33.0 Å². The maximum Gasteiger partial charge on any atom is 0.220 e. The number of allylic oxidation sites excluding steroid dienone is 1. The molecule has 0 unspecified atom stereocenters. The minimum Gasteiger partial charge on any atom is -0.190 e. The lowest BCUT2D eigenvalue weighted by Gasteiger charge is -1.93. The summed E-state index contributed by atoms with van der Waals surface area (Å²) in [4.78, 5) is 2.67. The highest BCUT2D eigenvalue weighted by molar-refractivity contribution is 5.92. The Morgan fingerprint density at radius 3 is 2.00 bits per heavy atom. The topological polar surface area (TPSA) is 12.4 Å². The summed E-state index contributed by atoms with van der Waals surface area (Å²) in [5, 5.41) is 0. The van der Waals surface area contributed by atoms with Crippen LogP contribution < -0.4 is 0 Å². The minimum atomic E-state index is -0.729. The molecule has 3 heteroatoms. The van der Waals surface area contributed by atoms with Gasteiger partial charge in [-0.3, -0.25) is 0 Å². The SMILES string of the molecule is FC1=CC(F)=N1. The van der Waals surface area contributed by atoms with Crippen LogP contribution in [0.3, 0.4) is 0 Å². The van der Waals surface area contributed by atoms with Crippen LogP contribution in [0.1, 0.15) is 0 Å². The van der Waals surface area contributed by atoms with Gasteiger partial charge in [-0.25, -0.2) is 0 Å². The number of halogens is 2. The third-order valence-corrected chi connectivity index (χ3v) is 0.452. The van der Waals surface area contributed by atoms with Gasteiger partial charge in [0, 0.05) is 6.08 Å². The van der Waals surface area contributed by atoms with Gasteiger partial charge < -0.3 is 0 Å². The van der Waals surface area contributed by atoms with Gasteiger partial charge in [0.05, 0.1) is 0 Å². The van der Waals surface area contributed by atoms with Crippen molar-refractivity contribution < 1.29 is 8.78 Å². The van der Waals surface area contributed by atoms with E-state index in [0.29, 0.717) is 0 Å². The summed E-state index contributed by atoms with van der Waals surface area (Å²) in [5.74, 6) is -1.46. The molecular formula is C3HF2N. The van der Waals surface area contributed by atoms with Crippen molar-refractivity contribution in [2.45, 2.75) is 0 Å². The molecule has 0 aliphatic carbocycles. The van der Waals surface area contributed by atoms with E-state index in [1.54, 1.807) is 0 Å². The highest BCUT2D eigenvalue weighted by Gasteiger charge is 2.05. The average molecular weight is 89.0 g/mol. The molecule has 1 rings (SSSR count). The highest BCUT2D eigenvalue weighted by atomic mass is 19.1. The van der Waals surface area contributed by atoms with Crippen molar-refractivity contribution in [2.24, 2.45) is 4.99 Å². The second-order valence-electron chi connectivity index (χ2n) is 0.902. The van der Waals surface area contributed by atoms with E-state index < -0.39 is 11.9 Å². The van der Waals surface area contributed by atoms with Crippen LogP contribution in [-0.4, -0.2) is 5.97 Å². The van der Waals surface area contributed by atoms with Crippen LogP contribution >= 0.6 is 0 Å². The van der Waals surface area contributed by atoms with Crippen LogP contribution in [0, 0.1) is 0 Å². The van der Waals surface area contributed by atoms with Crippen LogP contribution in [0.25, 0.3) is 0 Å².